The fourth-order valence-corrected chi connectivity index (χ4v) is 3.74. The van der Waals surface area contributed by atoms with Gasteiger partial charge in [-0.25, -0.2) is 13.2 Å². The van der Waals surface area contributed by atoms with Crippen LogP contribution in [0.3, 0.4) is 0 Å². The molecule has 0 fully saturated rings. The van der Waals surface area contributed by atoms with Crippen LogP contribution in [0, 0.1) is 11.8 Å². The first kappa shape index (κ1) is 48.6. The fraction of sp³-hybridized carbons (Fsp3) is 0.852. The van der Waals surface area contributed by atoms with Gasteiger partial charge < -0.3 is 34.7 Å². The minimum Gasteiger partial charge on any atom is -0.747 e. The van der Waals surface area contributed by atoms with Gasteiger partial charge in [-0.15, -0.1) is 0 Å². The first-order valence-electron chi connectivity index (χ1n) is 14.3. The SMILES string of the molecule is CC(N)OC(=O)C(C)O.CCCCC(CC)COC(=O)CC(C(=O)OCC(CC)CCCC)S(=O)(=O)[O-].NCC(=O)O.[Na+]. The van der Waals surface area contributed by atoms with E-state index in [0.29, 0.717) is 0 Å². The number of aliphatic carboxylic acids is 1. The number of aliphatic hydroxyl groups is 1. The number of esters is 3. The quantitative estimate of drug-likeness (QED) is 0.0432. The van der Waals surface area contributed by atoms with Gasteiger partial charge in [0.05, 0.1) is 26.2 Å². The molecular formula is C27H53N2NaO12S. The van der Waals surface area contributed by atoms with Crippen LogP contribution < -0.4 is 41.0 Å². The van der Waals surface area contributed by atoms with Crippen molar-refractivity contribution in [1.29, 1.82) is 0 Å². The fourth-order valence-electron chi connectivity index (χ4n) is 3.10. The van der Waals surface area contributed by atoms with Crippen molar-refractivity contribution in [2.75, 3.05) is 19.8 Å². The number of nitrogens with two attached hydrogens (primary N) is 2. The van der Waals surface area contributed by atoms with Crippen LogP contribution in [0.15, 0.2) is 0 Å². The molecule has 0 aromatic rings. The van der Waals surface area contributed by atoms with E-state index >= 15 is 0 Å². The zero-order valence-electron chi connectivity index (χ0n) is 26.9. The molecule has 16 heteroatoms. The normalized spacial score (nSPS) is 14.0. The molecule has 0 aliphatic rings. The van der Waals surface area contributed by atoms with E-state index in [1.165, 1.54) is 13.8 Å². The van der Waals surface area contributed by atoms with Crippen molar-refractivity contribution in [3.05, 3.63) is 0 Å². The summed E-state index contributed by atoms with van der Waals surface area (Å²) in [6.45, 7) is 10.8. The predicted octanol–water partition coefficient (Wildman–Crippen LogP) is -0.942. The van der Waals surface area contributed by atoms with Crippen LogP contribution in [-0.4, -0.2) is 84.4 Å². The third-order valence-corrected chi connectivity index (χ3v) is 6.87. The van der Waals surface area contributed by atoms with Crippen molar-refractivity contribution in [3.63, 3.8) is 0 Å². The van der Waals surface area contributed by atoms with Gasteiger partial charge in [0, 0.05) is 0 Å². The van der Waals surface area contributed by atoms with Crippen molar-refractivity contribution < 1.29 is 86.1 Å². The van der Waals surface area contributed by atoms with E-state index in [4.69, 9.17) is 25.4 Å². The van der Waals surface area contributed by atoms with E-state index < -0.39 is 58.0 Å². The van der Waals surface area contributed by atoms with Crippen LogP contribution in [0.1, 0.15) is 99.3 Å². The van der Waals surface area contributed by atoms with Crippen LogP contribution >= 0.6 is 0 Å². The topological polar surface area (TPSA) is 246 Å². The van der Waals surface area contributed by atoms with Crippen LogP contribution in [0.4, 0.5) is 0 Å². The molecule has 0 saturated carbocycles. The number of hydrogen-bond donors (Lipinski definition) is 4. The molecule has 0 amide bonds. The Morgan fingerprint density at radius 1 is 0.860 bits per heavy atom. The molecule has 0 bridgehead atoms. The molecule has 0 rings (SSSR count). The number of carbonyl (C=O) groups is 4. The summed E-state index contributed by atoms with van der Waals surface area (Å²) in [7, 11) is -5.01. The molecule has 6 N–H and O–H groups in total. The summed E-state index contributed by atoms with van der Waals surface area (Å²) >= 11 is 0. The molecule has 0 radical (unpaired) electrons. The second-order valence-electron chi connectivity index (χ2n) is 9.75. The van der Waals surface area contributed by atoms with Crippen molar-refractivity contribution in [3.8, 4) is 0 Å². The van der Waals surface area contributed by atoms with Gasteiger partial charge in [0.1, 0.15) is 22.4 Å². The largest absolute Gasteiger partial charge is 1.00 e. The molecule has 5 unspecified atom stereocenters. The number of carboxylic acids is 1. The summed E-state index contributed by atoms with van der Waals surface area (Å²) in [5.74, 6) is -3.40. The number of ether oxygens (including phenoxy) is 3. The second kappa shape index (κ2) is 29.4. The van der Waals surface area contributed by atoms with Gasteiger partial charge in [0.25, 0.3) is 0 Å². The monoisotopic (exact) mass is 652 g/mol. The molecule has 14 nitrogen and oxygen atoms in total. The van der Waals surface area contributed by atoms with Crippen molar-refractivity contribution in [2.45, 2.75) is 117 Å². The number of carboxylic acid groups (broad SMARTS) is 1. The molecule has 0 spiro atoms. The second-order valence-corrected chi connectivity index (χ2v) is 11.3. The molecule has 0 saturated heterocycles. The van der Waals surface area contributed by atoms with E-state index in [-0.39, 0.29) is 61.2 Å². The molecule has 0 aliphatic carbocycles. The Balaban J connectivity index is -0.000000417. The Morgan fingerprint density at radius 3 is 1.56 bits per heavy atom. The number of unbranched alkanes of at least 4 members (excludes halogenated alkanes) is 2. The minimum atomic E-state index is -5.01. The first-order valence-corrected chi connectivity index (χ1v) is 15.8. The van der Waals surface area contributed by atoms with Crippen LogP contribution in [0.2, 0.25) is 0 Å². The smallest absolute Gasteiger partial charge is 0.747 e. The van der Waals surface area contributed by atoms with Crippen LogP contribution in [0.5, 0.6) is 0 Å². The van der Waals surface area contributed by atoms with E-state index in [0.717, 1.165) is 51.4 Å². The minimum absolute atomic E-state index is 0. The third-order valence-electron chi connectivity index (χ3n) is 5.81. The Morgan fingerprint density at radius 2 is 1.28 bits per heavy atom. The third kappa shape index (κ3) is 30.5. The van der Waals surface area contributed by atoms with E-state index in [2.05, 4.69) is 24.3 Å². The Hall–Kier alpha value is -1.33. The van der Waals surface area contributed by atoms with Gasteiger partial charge in [-0.05, 0) is 38.5 Å². The van der Waals surface area contributed by atoms with Gasteiger partial charge in [-0.3, -0.25) is 20.1 Å². The van der Waals surface area contributed by atoms with E-state index in [9.17, 15) is 32.1 Å². The Kier molecular flexibility index (Phi) is 33.2. The maximum atomic E-state index is 12.1. The summed E-state index contributed by atoms with van der Waals surface area (Å²) < 4.78 is 49.0. The van der Waals surface area contributed by atoms with E-state index in [1.54, 1.807) is 0 Å². The van der Waals surface area contributed by atoms with Gasteiger partial charge in [-0.1, -0.05) is 66.2 Å². The summed E-state index contributed by atoms with van der Waals surface area (Å²) in [6.07, 6.45) is 4.85. The maximum absolute atomic E-state index is 12.1. The molecule has 5 atom stereocenters. The molecular weight excluding hydrogens is 599 g/mol. The number of carbonyl (C=O) groups excluding carboxylic acids is 3. The molecule has 0 aliphatic heterocycles. The first-order chi connectivity index (χ1) is 19.5. The van der Waals surface area contributed by atoms with Crippen LogP contribution in [-0.2, 0) is 43.5 Å². The van der Waals surface area contributed by atoms with Gasteiger partial charge in [0.15, 0.2) is 5.25 Å². The number of aliphatic hydroxyl groups excluding tert-OH is 1. The molecule has 0 heterocycles. The van der Waals surface area contributed by atoms with Crippen molar-refractivity contribution in [1.82, 2.24) is 0 Å². The summed E-state index contributed by atoms with van der Waals surface area (Å²) in [5.41, 5.74) is 9.65. The summed E-state index contributed by atoms with van der Waals surface area (Å²) in [4.78, 5) is 43.8. The predicted molar refractivity (Wildman–Crippen MR) is 155 cm³/mol. The number of hydrogen-bond acceptors (Lipinski definition) is 13. The standard InChI is InChI=1S/C20H38O7S.C5H11NO3.C2H5NO2.Na/c1-5-9-11-16(7-3)14-26-19(21)13-18(28(23,24)25)20(22)27-15-17(8-4)12-10-6-2;1-3(7)5(8)9-4(2)6;3-1-2(4)5;/h16-18H,5-15H2,1-4H3,(H,23,24,25);3-4,7H,6H2,1-2H3;1,3H2,(H,4,5);/q;;;+1/p-1. The molecule has 250 valence electrons. The van der Waals surface area contributed by atoms with Crippen molar-refractivity contribution >= 4 is 34.0 Å². The molecule has 0 aromatic heterocycles. The molecule has 43 heavy (non-hydrogen) atoms. The summed E-state index contributed by atoms with van der Waals surface area (Å²) in [5, 5.41) is 14.1. The van der Waals surface area contributed by atoms with Gasteiger partial charge in [-0.2, -0.15) is 0 Å². The Bertz CT molecular complexity index is 857. The number of rotatable bonds is 19. The van der Waals surface area contributed by atoms with Gasteiger partial charge >= 0.3 is 53.4 Å². The Labute approximate surface area is 279 Å². The van der Waals surface area contributed by atoms with Crippen molar-refractivity contribution in [2.24, 2.45) is 23.3 Å². The average Bonchev–Trinajstić information content (AvgIpc) is 2.91. The van der Waals surface area contributed by atoms with Gasteiger partial charge in [0.2, 0.25) is 0 Å². The maximum Gasteiger partial charge on any atom is 1.00 e. The van der Waals surface area contributed by atoms with Crippen LogP contribution in [0.25, 0.3) is 0 Å². The van der Waals surface area contributed by atoms with E-state index in [1.807, 2.05) is 13.8 Å². The zero-order chi connectivity index (χ0) is 33.3. The molecule has 0 aromatic carbocycles. The average molecular weight is 653 g/mol. The summed E-state index contributed by atoms with van der Waals surface area (Å²) in [6, 6.07) is 0. The zero-order valence-corrected chi connectivity index (χ0v) is 29.7.